The van der Waals surface area contributed by atoms with Gasteiger partial charge < -0.3 is 5.73 Å². The maximum atomic E-state index is 11.1. The van der Waals surface area contributed by atoms with Crippen LogP contribution in [0.3, 0.4) is 0 Å². The predicted octanol–water partition coefficient (Wildman–Crippen LogP) is 1.71. The Morgan fingerprint density at radius 1 is 1.46 bits per heavy atom. The monoisotopic (exact) mass is 176 g/mol. The lowest BCUT2D eigenvalue weighted by Gasteiger charge is -2.03. The van der Waals surface area contributed by atoms with E-state index in [1.165, 1.54) is 0 Å². The zero-order valence-electron chi connectivity index (χ0n) is 8.05. The number of aryl methyl sites for hydroxylation is 1. The number of hydrogen-bond donors (Lipinski definition) is 1. The van der Waals surface area contributed by atoms with Gasteiger partial charge in [0.2, 0.25) is 0 Å². The van der Waals surface area contributed by atoms with Crippen molar-refractivity contribution in [2.45, 2.75) is 26.8 Å². The molecule has 0 bridgehead atoms. The first-order chi connectivity index (χ1) is 6.17. The number of rotatable bonds is 3. The van der Waals surface area contributed by atoms with E-state index in [0.29, 0.717) is 6.54 Å². The van der Waals surface area contributed by atoms with E-state index in [4.69, 9.17) is 5.73 Å². The van der Waals surface area contributed by atoms with Gasteiger partial charge in [-0.15, -0.1) is 0 Å². The lowest BCUT2D eigenvalue weighted by Crippen LogP contribution is -2.02. The van der Waals surface area contributed by atoms with Gasteiger partial charge in [-0.25, -0.2) is 0 Å². The van der Waals surface area contributed by atoms with Gasteiger partial charge in [0.25, 0.3) is 0 Å². The van der Waals surface area contributed by atoms with Gasteiger partial charge in [-0.1, -0.05) is 6.92 Å². The molecule has 1 rings (SSSR count). The van der Waals surface area contributed by atoms with Crippen LogP contribution >= 0.6 is 0 Å². The molecule has 69 valence electrons. The van der Waals surface area contributed by atoms with E-state index in [0.717, 1.165) is 23.1 Å². The van der Waals surface area contributed by atoms with Gasteiger partial charge in [-0.2, -0.15) is 0 Å². The maximum absolute atomic E-state index is 11.1. The van der Waals surface area contributed by atoms with E-state index < -0.39 is 0 Å². The molecule has 0 saturated heterocycles. The van der Waals surface area contributed by atoms with Crippen molar-refractivity contribution in [3.05, 3.63) is 34.9 Å². The Balaban J connectivity index is 3.14. The molecule has 0 atom stereocenters. The lowest BCUT2D eigenvalue weighted by molar-refractivity contribution is 0.101. The summed E-state index contributed by atoms with van der Waals surface area (Å²) in [7, 11) is 0. The summed E-state index contributed by atoms with van der Waals surface area (Å²) in [5.41, 5.74) is 8.19. The van der Waals surface area contributed by atoms with Crippen LogP contribution in [-0.4, -0.2) is 5.78 Å². The molecule has 0 unspecified atom stereocenters. The summed E-state index contributed by atoms with van der Waals surface area (Å²) < 4.78 is 0. The average Bonchev–Trinajstić information content (AvgIpc) is 2.16. The van der Waals surface area contributed by atoms with Crippen molar-refractivity contribution in [1.82, 2.24) is 0 Å². The summed E-state index contributed by atoms with van der Waals surface area (Å²) in [5, 5.41) is 0. The van der Waals surface area contributed by atoms with E-state index in [1.807, 2.05) is 19.1 Å². The van der Waals surface area contributed by atoms with E-state index in [9.17, 15) is 4.79 Å². The third kappa shape index (κ3) is 2.39. The zero-order chi connectivity index (χ0) is 9.84. The molecule has 0 heterocycles. The summed E-state index contributed by atoms with van der Waals surface area (Å²) >= 11 is 0. The van der Waals surface area contributed by atoms with Crippen LogP contribution in [0.5, 0.6) is 0 Å². The van der Waals surface area contributed by atoms with E-state index in [2.05, 4.69) is 6.07 Å². The largest absolute Gasteiger partial charge is 0.326 e. The number of carbonyl (C=O) groups is 1. The SMILES string of the molecule is CCc1[c]c(CN)cc(C(C)=O)c1. The van der Waals surface area contributed by atoms with Gasteiger partial charge in [0.15, 0.2) is 5.78 Å². The molecule has 0 aromatic heterocycles. The van der Waals surface area contributed by atoms with Crippen molar-refractivity contribution < 1.29 is 4.79 Å². The molecule has 1 aromatic rings. The molecule has 13 heavy (non-hydrogen) atoms. The minimum Gasteiger partial charge on any atom is -0.326 e. The quantitative estimate of drug-likeness (QED) is 0.712. The molecule has 0 spiro atoms. The summed E-state index contributed by atoms with van der Waals surface area (Å²) in [6.45, 7) is 4.04. The normalized spacial score (nSPS) is 10.1. The van der Waals surface area contributed by atoms with Gasteiger partial charge in [-0.05, 0) is 42.7 Å². The summed E-state index contributed by atoms with van der Waals surface area (Å²) in [4.78, 5) is 11.1. The van der Waals surface area contributed by atoms with Crippen LogP contribution < -0.4 is 5.73 Å². The number of carbonyl (C=O) groups excluding carboxylic acids is 1. The van der Waals surface area contributed by atoms with E-state index >= 15 is 0 Å². The van der Waals surface area contributed by atoms with Crippen molar-refractivity contribution in [2.24, 2.45) is 5.73 Å². The van der Waals surface area contributed by atoms with Crippen LogP contribution in [-0.2, 0) is 13.0 Å². The van der Waals surface area contributed by atoms with Gasteiger partial charge in [0, 0.05) is 12.1 Å². The predicted molar refractivity (Wildman–Crippen MR) is 52.6 cm³/mol. The summed E-state index contributed by atoms with van der Waals surface area (Å²) in [5.74, 6) is 0.0819. The van der Waals surface area contributed by atoms with Crippen LogP contribution in [0.2, 0.25) is 0 Å². The Kier molecular flexibility index (Phi) is 3.20. The van der Waals surface area contributed by atoms with E-state index in [1.54, 1.807) is 6.92 Å². The first-order valence-electron chi connectivity index (χ1n) is 4.43. The number of Topliss-reactive ketones (excluding diaryl/α,β-unsaturated/α-hetero) is 1. The minimum absolute atomic E-state index is 0.0819. The number of nitrogens with two attached hydrogens (primary N) is 1. The lowest BCUT2D eigenvalue weighted by atomic mass is 10.0. The average molecular weight is 176 g/mol. The van der Waals surface area contributed by atoms with Crippen molar-refractivity contribution in [2.75, 3.05) is 0 Å². The Hall–Kier alpha value is -1.15. The van der Waals surface area contributed by atoms with Crippen molar-refractivity contribution >= 4 is 5.78 Å². The molecule has 0 saturated carbocycles. The van der Waals surface area contributed by atoms with Gasteiger partial charge in [0.1, 0.15) is 0 Å². The number of benzene rings is 1. The topological polar surface area (TPSA) is 43.1 Å². The van der Waals surface area contributed by atoms with Crippen LogP contribution in [0.4, 0.5) is 0 Å². The maximum Gasteiger partial charge on any atom is 0.159 e. The minimum atomic E-state index is 0.0819. The highest BCUT2D eigenvalue weighted by atomic mass is 16.1. The molecule has 0 aliphatic carbocycles. The van der Waals surface area contributed by atoms with Crippen molar-refractivity contribution in [1.29, 1.82) is 0 Å². The molecule has 0 amide bonds. The third-order valence-electron chi connectivity index (χ3n) is 1.99. The molecule has 1 aromatic carbocycles. The second-order valence-corrected chi connectivity index (χ2v) is 3.03. The molecule has 2 N–H and O–H groups in total. The number of ketones is 1. The zero-order valence-corrected chi connectivity index (χ0v) is 8.05. The molecule has 2 heteroatoms. The van der Waals surface area contributed by atoms with E-state index in [-0.39, 0.29) is 5.78 Å². The highest BCUT2D eigenvalue weighted by molar-refractivity contribution is 5.94. The van der Waals surface area contributed by atoms with Crippen LogP contribution in [0.1, 0.15) is 35.3 Å². The highest BCUT2D eigenvalue weighted by Gasteiger charge is 2.03. The molecule has 0 fully saturated rings. The first kappa shape index (κ1) is 9.93. The van der Waals surface area contributed by atoms with Gasteiger partial charge in [-0.3, -0.25) is 4.79 Å². The third-order valence-corrected chi connectivity index (χ3v) is 1.99. The Morgan fingerprint density at radius 3 is 2.54 bits per heavy atom. The van der Waals surface area contributed by atoms with Gasteiger partial charge in [0.05, 0.1) is 0 Å². The fourth-order valence-electron chi connectivity index (χ4n) is 1.20. The van der Waals surface area contributed by atoms with Gasteiger partial charge >= 0.3 is 0 Å². The van der Waals surface area contributed by atoms with Crippen LogP contribution in [0.15, 0.2) is 12.1 Å². The molecule has 1 radical (unpaired) electrons. The Morgan fingerprint density at radius 2 is 2.08 bits per heavy atom. The second kappa shape index (κ2) is 4.19. The van der Waals surface area contributed by atoms with Crippen LogP contribution in [0.25, 0.3) is 0 Å². The highest BCUT2D eigenvalue weighted by Crippen LogP contribution is 2.10. The smallest absolute Gasteiger partial charge is 0.159 e. The summed E-state index contributed by atoms with van der Waals surface area (Å²) in [6, 6.07) is 6.85. The molecule has 2 nitrogen and oxygen atoms in total. The molecule has 0 aliphatic rings. The van der Waals surface area contributed by atoms with Crippen molar-refractivity contribution in [3.8, 4) is 0 Å². The fraction of sp³-hybridized carbons (Fsp3) is 0.364. The summed E-state index contributed by atoms with van der Waals surface area (Å²) in [6.07, 6.45) is 0.883. The fourth-order valence-corrected chi connectivity index (χ4v) is 1.20. The Labute approximate surface area is 78.8 Å². The Bertz CT molecular complexity index is 296. The molecule has 0 aliphatic heterocycles. The van der Waals surface area contributed by atoms with Crippen LogP contribution in [0, 0.1) is 6.07 Å². The number of hydrogen-bond acceptors (Lipinski definition) is 2. The van der Waals surface area contributed by atoms with Crippen molar-refractivity contribution in [3.63, 3.8) is 0 Å². The standard InChI is InChI=1S/C11H14NO/c1-3-9-4-10(7-12)6-11(5-9)8(2)13/h5-6H,3,7,12H2,1-2H3. The first-order valence-corrected chi connectivity index (χ1v) is 4.43. The molecular weight excluding hydrogens is 162 g/mol. The molecular formula is C11H14NO. The second-order valence-electron chi connectivity index (χ2n) is 3.03.